The lowest BCUT2D eigenvalue weighted by atomic mass is 9.92. The van der Waals surface area contributed by atoms with E-state index in [1.165, 1.54) is 11.8 Å². The van der Waals surface area contributed by atoms with Crippen molar-refractivity contribution in [1.29, 1.82) is 0 Å². The molecule has 1 amide bonds. The largest absolute Gasteiger partial charge is 0.494 e. The van der Waals surface area contributed by atoms with Crippen molar-refractivity contribution in [2.75, 3.05) is 25.4 Å². The van der Waals surface area contributed by atoms with Gasteiger partial charge in [-0.3, -0.25) is 14.2 Å². The summed E-state index contributed by atoms with van der Waals surface area (Å²) in [5.41, 5.74) is 1.19. The average molecular weight is 452 g/mol. The Morgan fingerprint density at radius 2 is 1.78 bits per heavy atom. The molecule has 32 heavy (non-hydrogen) atoms. The van der Waals surface area contributed by atoms with Gasteiger partial charge in [-0.25, -0.2) is 4.98 Å². The highest BCUT2D eigenvalue weighted by Crippen LogP contribution is 2.25. The van der Waals surface area contributed by atoms with Crippen molar-refractivity contribution in [3.63, 3.8) is 0 Å². The van der Waals surface area contributed by atoms with Crippen molar-refractivity contribution in [3.05, 3.63) is 58.9 Å². The van der Waals surface area contributed by atoms with Crippen LogP contribution in [0.15, 0.2) is 58.5 Å². The van der Waals surface area contributed by atoms with Gasteiger partial charge in [-0.05, 0) is 61.6 Å². The molecule has 2 aromatic carbocycles. The summed E-state index contributed by atoms with van der Waals surface area (Å²) in [7, 11) is 0. The van der Waals surface area contributed by atoms with Crippen LogP contribution in [0.3, 0.4) is 0 Å². The number of carbonyl (C=O) groups is 1. The number of benzene rings is 2. The molecular weight excluding hydrogens is 422 g/mol. The number of hydrogen-bond donors (Lipinski definition) is 0. The van der Waals surface area contributed by atoms with Crippen LogP contribution in [0.2, 0.25) is 0 Å². The first-order valence-corrected chi connectivity index (χ1v) is 12.1. The van der Waals surface area contributed by atoms with Crippen LogP contribution in [0.4, 0.5) is 0 Å². The molecule has 0 N–H and O–H groups in total. The van der Waals surface area contributed by atoms with Gasteiger partial charge in [0, 0.05) is 13.1 Å². The molecule has 2 heterocycles. The fourth-order valence-corrected chi connectivity index (χ4v) is 5.29. The Bertz CT molecular complexity index is 1150. The van der Waals surface area contributed by atoms with E-state index in [2.05, 4.69) is 13.8 Å². The van der Waals surface area contributed by atoms with Crippen molar-refractivity contribution in [2.45, 2.75) is 32.3 Å². The zero-order valence-electron chi connectivity index (χ0n) is 18.8. The summed E-state index contributed by atoms with van der Waals surface area (Å²) < 4.78 is 7.13. The van der Waals surface area contributed by atoms with E-state index in [0.29, 0.717) is 40.2 Å². The minimum absolute atomic E-state index is 0.0917. The second kappa shape index (κ2) is 9.77. The molecule has 1 fully saturated rings. The lowest BCUT2D eigenvalue weighted by molar-refractivity contribution is -0.130. The molecule has 2 unspecified atom stereocenters. The lowest BCUT2D eigenvalue weighted by Gasteiger charge is -2.35. The highest BCUT2D eigenvalue weighted by molar-refractivity contribution is 7.99. The minimum Gasteiger partial charge on any atom is -0.494 e. The summed E-state index contributed by atoms with van der Waals surface area (Å²) in [6.45, 7) is 8.48. The van der Waals surface area contributed by atoms with Gasteiger partial charge in [0.15, 0.2) is 5.16 Å². The highest BCUT2D eigenvalue weighted by atomic mass is 32.2. The Labute approximate surface area is 192 Å². The summed E-state index contributed by atoms with van der Waals surface area (Å²) in [6, 6.07) is 14.7. The van der Waals surface area contributed by atoms with Crippen LogP contribution in [-0.2, 0) is 4.79 Å². The SMILES string of the molecule is CCOc1ccc(-n2c(SCC(=O)N3CC(C)CC(C)C3)nc3ccccc3c2=O)cc1. The Hall–Kier alpha value is -2.80. The van der Waals surface area contributed by atoms with E-state index in [4.69, 9.17) is 9.72 Å². The predicted octanol–water partition coefficient (Wildman–Crippen LogP) is 4.38. The first-order chi connectivity index (χ1) is 15.5. The number of piperidine rings is 1. The van der Waals surface area contributed by atoms with E-state index in [-0.39, 0.29) is 17.2 Å². The van der Waals surface area contributed by atoms with E-state index in [0.717, 1.165) is 25.3 Å². The zero-order valence-corrected chi connectivity index (χ0v) is 19.6. The van der Waals surface area contributed by atoms with E-state index in [1.807, 2.05) is 54.3 Å². The fourth-order valence-electron chi connectivity index (χ4n) is 4.38. The molecule has 6 nitrogen and oxygen atoms in total. The maximum absolute atomic E-state index is 13.4. The number of rotatable bonds is 6. The molecule has 1 aliphatic rings. The van der Waals surface area contributed by atoms with E-state index in [1.54, 1.807) is 10.6 Å². The van der Waals surface area contributed by atoms with Crippen LogP contribution in [0.1, 0.15) is 27.2 Å². The molecule has 1 aromatic heterocycles. The number of nitrogens with zero attached hydrogens (tertiary/aromatic N) is 3. The Morgan fingerprint density at radius 1 is 1.09 bits per heavy atom. The number of carbonyl (C=O) groups excluding carboxylic acids is 1. The first-order valence-electron chi connectivity index (χ1n) is 11.1. The molecule has 4 rings (SSSR count). The molecule has 2 atom stereocenters. The Kier molecular flexibility index (Phi) is 6.84. The monoisotopic (exact) mass is 451 g/mol. The minimum atomic E-state index is -0.144. The Balaban J connectivity index is 1.66. The van der Waals surface area contributed by atoms with E-state index >= 15 is 0 Å². The second-order valence-corrected chi connectivity index (χ2v) is 9.45. The van der Waals surface area contributed by atoms with Gasteiger partial charge in [0.05, 0.1) is 29.0 Å². The first kappa shape index (κ1) is 22.4. The second-order valence-electron chi connectivity index (χ2n) is 8.51. The summed E-state index contributed by atoms with van der Waals surface area (Å²) in [4.78, 5) is 33.0. The molecular formula is C25H29N3O3S. The van der Waals surface area contributed by atoms with Gasteiger partial charge in [-0.2, -0.15) is 0 Å². The maximum Gasteiger partial charge on any atom is 0.266 e. The van der Waals surface area contributed by atoms with Gasteiger partial charge in [-0.15, -0.1) is 0 Å². The van der Waals surface area contributed by atoms with Crippen LogP contribution in [0.25, 0.3) is 16.6 Å². The molecule has 1 aliphatic heterocycles. The number of amides is 1. The third-order valence-corrected chi connectivity index (χ3v) is 6.62. The van der Waals surface area contributed by atoms with Crippen LogP contribution in [0.5, 0.6) is 5.75 Å². The molecule has 1 saturated heterocycles. The summed E-state index contributed by atoms with van der Waals surface area (Å²) in [5, 5.41) is 1.07. The maximum atomic E-state index is 13.4. The topological polar surface area (TPSA) is 64.4 Å². The fraction of sp³-hybridized carbons (Fsp3) is 0.400. The van der Waals surface area contributed by atoms with Gasteiger partial charge in [-0.1, -0.05) is 37.7 Å². The number of fused-ring (bicyclic) bond motifs is 1. The summed E-state index contributed by atoms with van der Waals surface area (Å²) in [6.07, 6.45) is 1.15. The third kappa shape index (κ3) is 4.83. The van der Waals surface area contributed by atoms with Gasteiger partial charge in [0.1, 0.15) is 5.75 Å². The molecule has 0 aliphatic carbocycles. The molecule has 168 valence electrons. The molecule has 3 aromatic rings. The van der Waals surface area contributed by atoms with Crippen molar-refractivity contribution in [1.82, 2.24) is 14.5 Å². The summed E-state index contributed by atoms with van der Waals surface area (Å²) in [5.74, 6) is 2.10. The smallest absolute Gasteiger partial charge is 0.266 e. The van der Waals surface area contributed by atoms with Crippen LogP contribution < -0.4 is 10.3 Å². The lowest BCUT2D eigenvalue weighted by Crippen LogP contribution is -2.43. The van der Waals surface area contributed by atoms with Crippen molar-refractivity contribution in [3.8, 4) is 11.4 Å². The number of para-hydroxylation sites is 1. The van der Waals surface area contributed by atoms with E-state index < -0.39 is 0 Å². The normalized spacial score (nSPS) is 18.7. The number of hydrogen-bond acceptors (Lipinski definition) is 5. The highest BCUT2D eigenvalue weighted by Gasteiger charge is 2.26. The molecule has 7 heteroatoms. The third-order valence-electron chi connectivity index (χ3n) is 5.70. The van der Waals surface area contributed by atoms with Gasteiger partial charge < -0.3 is 9.64 Å². The quantitative estimate of drug-likeness (QED) is 0.411. The molecule has 0 bridgehead atoms. The van der Waals surface area contributed by atoms with E-state index in [9.17, 15) is 9.59 Å². The van der Waals surface area contributed by atoms with Crippen molar-refractivity contribution >= 4 is 28.6 Å². The molecule has 0 spiro atoms. The Morgan fingerprint density at radius 3 is 2.47 bits per heavy atom. The number of ether oxygens (including phenoxy) is 1. The summed E-state index contributed by atoms with van der Waals surface area (Å²) >= 11 is 1.32. The number of aromatic nitrogens is 2. The van der Waals surface area contributed by atoms with Crippen molar-refractivity contribution in [2.24, 2.45) is 11.8 Å². The average Bonchev–Trinajstić information content (AvgIpc) is 2.78. The van der Waals surface area contributed by atoms with Crippen LogP contribution >= 0.6 is 11.8 Å². The molecule has 0 saturated carbocycles. The van der Waals surface area contributed by atoms with Gasteiger partial charge >= 0.3 is 0 Å². The van der Waals surface area contributed by atoms with Gasteiger partial charge in [0.2, 0.25) is 5.91 Å². The standard InChI is InChI=1S/C25H29N3O3S/c1-4-31-20-11-9-19(10-12-20)28-24(30)21-7-5-6-8-22(21)26-25(28)32-16-23(29)27-14-17(2)13-18(3)15-27/h5-12,17-18H,4,13-16H2,1-3H3. The van der Waals surface area contributed by atoms with Crippen LogP contribution in [0, 0.1) is 11.8 Å². The number of likely N-dealkylation sites (tertiary alicyclic amines) is 1. The van der Waals surface area contributed by atoms with Crippen LogP contribution in [-0.4, -0.2) is 45.8 Å². The molecule has 0 radical (unpaired) electrons. The number of thioether (sulfide) groups is 1. The van der Waals surface area contributed by atoms with Gasteiger partial charge in [0.25, 0.3) is 5.56 Å². The predicted molar refractivity (Wildman–Crippen MR) is 129 cm³/mol. The zero-order chi connectivity index (χ0) is 22.7. The van der Waals surface area contributed by atoms with Crippen molar-refractivity contribution < 1.29 is 9.53 Å².